The average molecular weight is 281 g/mol. The summed E-state index contributed by atoms with van der Waals surface area (Å²) in [6.07, 6.45) is 0. The number of halogens is 2. The fourth-order valence-corrected chi connectivity index (χ4v) is 2.06. The summed E-state index contributed by atoms with van der Waals surface area (Å²) in [6.45, 7) is 1.95. The Hall–Kier alpha value is -1.51. The molecule has 0 aliphatic rings. The molecule has 2 aromatic rings. The standard InChI is InChI=1S/C14H10Cl2O2/c1-8-2-4-9(5-3-8)13(17)10-6-11(15)14(18)12(16)7-10/h2-7,18H,1H3. The molecular formula is C14H10Cl2O2. The summed E-state index contributed by atoms with van der Waals surface area (Å²) < 4.78 is 0. The lowest BCUT2D eigenvalue weighted by atomic mass is 10.0. The molecule has 0 heterocycles. The fraction of sp³-hybridized carbons (Fsp3) is 0.0714. The van der Waals surface area contributed by atoms with E-state index in [0.29, 0.717) is 11.1 Å². The Morgan fingerprint density at radius 2 is 1.50 bits per heavy atom. The number of carbonyl (C=O) groups is 1. The van der Waals surface area contributed by atoms with Crippen LogP contribution in [0.5, 0.6) is 5.75 Å². The van der Waals surface area contributed by atoms with E-state index in [2.05, 4.69) is 0 Å². The number of hydrogen-bond donors (Lipinski definition) is 1. The van der Waals surface area contributed by atoms with Crippen LogP contribution in [0.25, 0.3) is 0 Å². The summed E-state index contributed by atoms with van der Waals surface area (Å²) in [5.41, 5.74) is 1.98. The molecule has 0 saturated heterocycles. The molecule has 2 aromatic carbocycles. The quantitative estimate of drug-likeness (QED) is 0.836. The van der Waals surface area contributed by atoms with Crippen molar-refractivity contribution in [3.05, 3.63) is 63.1 Å². The molecule has 0 saturated carbocycles. The van der Waals surface area contributed by atoms with Gasteiger partial charge in [-0.2, -0.15) is 0 Å². The van der Waals surface area contributed by atoms with Gasteiger partial charge in [-0.15, -0.1) is 0 Å². The zero-order valence-corrected chi connectivity index (χ0v) is 11.1. The lowest BCUT2D eigenvalue weighted by Gasteiger charge is -2.05. The van der Waals surface area contributed by atoms with Crippen molar-refractivity contribution < 1.29 is 9.90 Å². The van der Waals surface area contributed by atoms with E-state index < -0.39 is 0 Å². The molecule has 92 valence electrons. The largest absolute Gasteiger partial charge is 0.505 e. The first-order valence-electron chi connectivity index (χ1n) is 5.28. The lowest BCUT2D eigenvalue weighted by Crippen LogP contribution is -2.01. The average Bonchev–Trinajstić information content (AvgIpc) is 2.35. The zero-order valence-electron chi connectivity index (χ0n) is 9.58. The Morgan fingerprint density at radius 3 is 2.00 bits per heavy atom. The van der Waals surface area contributed by atoms with Crippen molar-refractivity contribution in [3.8, 4) is 5.75 Å². The van der Waals surface area contributed by atoms with Crippen molar-refractivity contribution in [1.29, 1.82) is 0 Å². The fourth-order valence-electron chi connectivity index (χ4n) is 1.57. The van der Waals surface area contributed by atoms with E-state index in [-0.39, 0.29) is 21.6 Å². The lowest BCUT2D eigenvalue weighted by molar-refractivity contribution is 0.103. The van der Waals surface area contributed by atoms with Gasteiger partial charge < -0.3 is 5.11 Å². The van der Waals surface area contributed by atoms with Crippen LogP contribution in [-0.2, 0) is 0 Å². The van der Waals surface area contributed by atoms with Gasteiger partial charge in [-0.1, -0.05) is 53.0 Å². The van der Waals surface area contributed by atoms with Crippen molar-refractivity contribution in [3.63, 3.8) is 0 Å². The first-order chi connectivity index (χ1) is 8.49. The number of ketones is 1. The SMILES string of the molecule is Cc1ccc(C(=O)c2cc(Cl)c(O)c(Cl)c2)cc1. The summed E-state index contributed by atoms with van der Waals surface area (Å²) in [7, 11) is 0. The molecule has 0 spiro atoms. The Morgan fingerprint density at radius 1 is 1.00 bits per heavy atom. The normalized spacial score (nSPS) is 10.4. The molecule has 1 N–H and O–H groups in total. The smallest absolute Gasteiger partial charge is 0.193 e. The van der Waals surface area contributed by atoms with Crippen LogP contribution in [0.3, 0.4) is 0 Å². The minimum absolute atomic E-state index is 0.0676. The Kier molecular flexibility index (Phi) is 3.60. The van der Waals surface area contributed by atoms with Crippen LogP contribution in [0.4, 0.5) is 0 Å². The summed E-state index contributed by atoms with van der Waals surface area (Å²) in [4.78, 5) is 12.2. The van der Waals surface area contributed by atoms with Gasteiger partial charge in [0.05, 0.1) is 10.0 Å². The van der Waals surface area contributed by atoms with Crippen LogP contribution in [0.1, 0.15) is 21.5 Å². The Balaban J connectivity index is 2.43. The summed E-state index contributed by atoms with van der Waals surface area (Å²) in [5, 5.41) is 9.58. The third-order valence-corrected chi connectivity index (χ3v) is 3.17. The molecule has 2 nitrogen and oxygen atoms in total. The van der Waals surface area contributed by atoms with Crippen LogP contribution in [0.2, 0.25) is 10.0 Å². The molecule has 0 bridgehead atoms. The van der Waals surface area contributed by atoms with Gasteiger partial charge in [-0.3, -0.25) is 4.79 Å². The van der Waals surface area contributed by atoms with Gasteiger partial charge in [0.25, 0.3) is 0 Å². The van der Waals surface area contributed by atoms with Gasteiger partial charge in [0, 0.05) is 11.1 Å². The highest BCUT2D eigenvalue weighted by atomic mass is 35.5. The second-order valence-electron chi connectivity index (χ2n) is 3.98. The van der Waals surface area contributed by atoms with Crippen LogP contribution in [0, 0.1) is 6.92 Å². The summed E-state index contributed by atoms with van der Waals surface area (Å²) in [5.74, 6) is -0.391. The van der Waals surface area contributed by atoms with E-state index in [4.69, 9.17) is 23.2 Å². The van der Waals surface area contributed by atoms with Gasteiger partial charge in [0.15, 0.2) is 11.5 Å². The third kappa shape index (κ3) is 2.50. The number of benzene rings is 2. The molecule has 0 atom stereocenters. The van der Waals surface area contributed by atoms with Crippen molar-refractivity contribution in [2.45, 2.75) is 6.92 Å². The summed E-state index contributed by atoms with van der Waals surface area (Å²) in [6, 6.07) is 10.0. The third-order valence-electron chi connectivity index (χ3n) is 2.59. The number of rotatable bonds is 2. The maximum Gasteiger partial charge on any atom is 0.193 e. The molecule has 0 fully saturated rings. The van der Waals surface area contributed by atoms with Crippen molar-refractivity contribution in [2.75, 3.05) is 0 Å². The summed E-state index contributed by atoms with van der Waals surface area (Å²) >= 11 is 11.6. The Labute approximate surface area is 115 Å². The predicted octanol–water partition coefficient (Wildman–Crippen LogP) is 4.24. The van der Waals surface area contributed by atoms with Crippen molar-refractivity contribution in [1.82, 2.24) is 0 Å². The number of phenols is 1. The predicted molar refractivity (Wildman–Crippen MR) is 72.7 cm³/mol. The minimum atomic E-state index is -0.209. The van der Waals surface area contributed by atoms with E-state index in [1.807, 2.05) is 19.1 Å². The van der Waals surface area contributed by atoms with E-state index in [9.17, 15) is 9.90 Å². The topological polar surface area (TPSA) is 37.3 Å². The molecule has 0 aromatic heterocycles. The van der Waals surface area contributed by atoms with Crippen LogP contribution < -0.4 is 0 Å². The Bertz CT molecular complexity index is 581. The van der Waals surface area contributed by atoms with Gasteiger partial charge in [-0.25, -0.2) is 0 Å². The second kappa shape index (κ2) is 5.01. The van der Waals surface area contributed by atoms with Gasteiger partial charge in [0.2, 0.25) is 0 Å². The molecule has 0 aliphatic heterocycles. The van der Waals surface area contributed by atoms with Crippen molar-refractivity contribution in [2.24, 2.45) is 0 Å². The molecule has 4 heteroatoms. The number of aromatic hydroxyl groups is 1. The minimum Gasteiger partial charge on any atom is -0.505 e. The van der Waals surface area contributed by atoms with Crippen LogP contribution in [0.15, 0.2) is 36.4 Å². The molecule has 0 amide bonds. The molecule has 18 heavy (non-hydrogen) atoms. The van der Waals surface area contributed by atoms with E-state index in [0.717, 1.165) is 5.56 Å². The molecule has 0 radical (unpaired) electrons. The van der Waals surface area contributed by atoms with Gasteiger partial charge >= 0.3 is 0 Å². The highest BCUT2D eigenvalue weighted by Crippen LogP contribution is 2.33. The molecule has 2 rings (SSSR count). The maximum absolute atomic E-state index is 12.2. The molecule has 0 unspecified atom stereocenters. The highest BCUT2D eigenvalue weighted by Gasteiger charge is 2.13. The molecule has 0 aliphatic carbocycles. The van der Waals surface area contributed by atoms with Gasteiger partial charge in [-0.05, 0) is 19.1 Å². The van der Waals surface area contributed by atoms with E-state index >= 15 is 0 Å². The number of phenolic OH excluding ortho intramolecular Hbond substituents is 1. The highest BCUT2D eigenvalue weighted by molar-refractivity contribution is 6.37. The van der Waals surface area contributed by atoms with Crippen LogP contribution in [-0.4, -0.2) is 10.9 Å². The monoisotopic (exact) mass is 280 g/mol. The maximum atomic E-state index is 12.2. The number of carbonyl (C=O) groups excluding carboxylic acids is 1. The first-order valence-corrected chi connectivity index (χ1v) is 6.04. The number of hydrogen-bond acceptors (Lipinski definition) is 2. The van der Waals surface area contributed by atoms with Gasteiger partial charge in [0.1, 0.15) is 0 Å². The number of aryl methyl sites for hydroxylation is 1. The van der Waals surface area contributed by atoms with Crippen LogP contribution >= 0.6 is 23.2 Å². The van der Waals surface area contributed by atoms with E-state index in [1.54, 1.807) is 12.1 Å². The second-order valence-corrected chi connectivity index (χ2v) is 4.80. The van der Waals surface area contributed by atoms with E-state index in [1.165, 1.54) is 12.1 Å². The first kappa shape index (κ1) is 12.9. The zero-order chi connectivity index (χ0) is 13.3. The molecular weight excluding hydrogens is 271 g/mol. The van der Waals surface area contributed by atoms with Crippen molar-refractivity contribution >= 4 is 29.0 Å².